The van der Waals surface area contributed by atoms with Gasteiger partial charge >= 0.3 is 0 Å². The fraction of sp³-hybridized carbons (Fsp3) is 0.500. The second-order valence-corrected chi connectivity index (χ2v) is 3.98. The minimum atomic E-state index is 0.514. The van der Waals surface area contributed by atoms with Crippen LogP contribution in [0.15, 0.2) is 16.9 Å². The van der Waals surface area contributed by atoms with Crippen LogP contribution in [0.3, 0.4) is 0 Å². The van der Waals surface area contributed by atoms with Gasteiger partial charge in [0, 0.05) is 38.6 Å². The lowest BCUT2D eigenvalue weighted by molar-refractivity contribution is 0.203. The van der Waals surface area contributed by atoms with Crippen molar-refractivity contribution in [2.24, 2.45) is 0 Å². The molecule has 1 fully saturated rings. The van der Waals surface area contributed by atoms with Gasteiger partial charge in [0.25, 0.3) is 0 Å². The van der Waals surface area contributed by atoms with Crippen LogP contribution in [-0.4, -0.2) is 51.2 Å². The highest BCUT2D eigenvalue weighted by atomic mass is 16.5. The van der Waals surface area contributed by atoms with Crippen molar-refractivity contribution >= 4 is 0 Å². The first-order chi connectivity index (χ1) is 8.42. The Morgan fingerprint density at radius 1 is 1.35 bits per heavy atom. The number of H-pyrrole nitrogens is 1. The fourth-order valence-electron chi connectivity index (χ4n) is 1.86. The molecule has 17 heavy (non-hydrogen) atoms. The normalized spacial score (nSPS) is 17.4. The summed E-state index contributed by atoms with van der Waals surface area (Å²) >= 11 is 0. The molecule has 0 aliphatic carbocycles. The van der Waals surface area contributed by atoms with Gasteiger partial charge in [0.2, 0.25) is 11.7 Å². The van der Waals surface area contributed by atoms with E-state index in [2.05, 4.69) is 30.3 Å². The molecule has 0 bridgehead atoms. The predicted octanol–water partition coefficient (Wildman–Crippen LogP) is -0.135. The van der Waals surface area contributed by atoms with Crippen molar-refractivity contribution < 1.29 is 4.52 Å². The maximum Gasteiger partial charge on any atom is 0.241 e. The van der Waals surface area contributed by atoms with Crippen molar-refractivity contribution in [3.8, 4) is 11.6 Å². The van der Waals surface area contributed by atoms with E-state index in [0.717, 1.165) is 26.2 Å². The number of nitrogens with one attached hydrogen (secondary N) is 2. The van der Waals surface area contributed by atoms with E-state index < -0.39 is 0 Å². The van der Waals surface area contributed by atoms with Gasteiger partial charge in [-0.1, -0.05) is 5.16 Å². The molecule has 0 saturated carbocycles. The van der Waals surface area contributed by atoms with Gasteiger partial charge in [0.05, 0.1) is 6.54 Å². The van der Waals surface area contributed by atoms with Gasteiger partial charge in [-0.2, -0.15) is 4.98 Å². The van der Waals surface area contributed by atoms with Crippen LogP contribution in [0.2, 0.25) is 0 Å². The minimum Gasteiger partial charge on any atom is -0.342 e. The molecule has 7 nitrogen and oxygen atoms in total. The maximum atomic E-state index is 5.21. The summed E-state index contributed by atoms with van der Waals surface area (Å²) in [6, 6.07) is 0. The molecule has 0 unspecified atom stereocenters. The molecule has 2 aromatic heterocycles. The molecule has 0 aromatic carbocycles. The van der Waals surface area contributed by atoms with Gasteiger partial charge in [-0.05, 0) is 0 Å². The van der Waals surface area contributed by atoms with E-state index in [9.17, 15) is 0 Å². The first-order valence-corrected chi connectivity index (χ1v) is 5.67. The summed E-state index contributed by atoms with van der Waals surface area (Å²) in [5.41, 5.74) is 0. The second kappa shape index (κ2) is 4.64. The van der Waals surface area contributed by atoms with Gasteiger partial charge in [-0.25, -0.2) is 4.98 Å². The highest BCUT2D eigenvalue weighted by Gasteiger charge is 2.15. The Labute approximate surface area is 98.2 Å². The monoisotopic (exact) mass is 234 g/mol. The number of imidazole rings is 1. The van der Waals surface area contributed by atoms with Crippen molar-refractivity contribution in [2.45, 2.75) is 6.54 Å². The molecule has 0 spiro atoms. The zero-order valence-corrected chi connectivity index (χ0v) is 9.39. The average molecular weight is 234 g/mol. The van der Waals surface area contributed by atoms with Crippen molar-refractivity contribution in [2.75, 3.05) is 26.2 Å². The summed E-state index contributed by atoms with van der Waals surface area (Å²) in [7, 11) is 0. The van der Waals surface area contributed by atoms with E-state index in [4.69, 9.17) is 4.52 Å². The van der Waals surface area contributed by atoms with Crippen LogP contribution in [0.4, 0.5) is 0 Å². The molecule has 3 rings (SSSR count). The lowest BCUT2D eigenvalue weighted by Crippen LogP contribution is -2.42. The summed E-state index contributed by atoms with van der Waals surface area (Å²) in [5.74, 6) is 1.79. The standard InChI is InChI=1S/C10H14N6O/c1-2-13-9(12-1)10-14-8(17-15-10)7-16-5-3-11-4-6-16/h1-2,11H,3-7H2,(H,12,13). The van der Waals surface area contributed by atoms with Crippen LogP contribution in [0, 0.1) is 0 Å². The molecular formula is C10H14N6O. The zero-order chi connectivity index (χ0) is 11.5. The number of rotatable bonds is 3. The summed E-state index contributed by atoms with van der Waals surface area (Å²) in [5, 5.41) is 7.21. The van der Waals surface area contributed by atoms with Crippen LogP contribution in [0.5, 0.6) is 0 Å². The van der Waals surface area contributed by atoms with Crippen LogP contribution in [0.25, 0.3) is 11.6 Å². The quantitative estimate of drug-likeness (QED) is 0.769. The number of aromatic nitrogens is 4. The van der Waals surface area contributed by atoms with E-state index >= 15 is 0 Å². The Morgan fingerprint density at radius 3 is 3.00 bits per heavy atom. The van der Waals surface area contributed by atoms with Gasteiger partial charge in [-0.15, -0.1) is 0 Å². The first-order valence-electron chi connectivity index (χ1n) is 5.67. The minimum absolute atomic E-state index is 0.514. The van der Waals surface area contributed by atoms with Gasteiger partial charge in [0.1, 0.15) is 0 Å². The zero-order valence-electron chi connectivity index (χ0n) is 9.39. The molecule has 2 aromatic rings. The summed E-state index contributed by atoms with van der Waals surface area (Å²) in [4.78, 5) is 13.6. The molecule has 0 atom stereocenters. The molecule has 0 amide bonds. The number of hydrogen-bond acceptors (Lipinski definition) is 6. The Bertz CT molecular complexity index is 459. The molecule has 7 heteroatoms. The van der Waals surface area contributed by atoms with Crippen LogP contribution in [0.1, 0.15) is 5.89 Å². The summed E-state index contributed by atoms with van der Waals surface area (Å²) in [6.07, 6.45) is 3.41. The smallest absolute Gasteiger partial charge is 0.241 e. The predicted molar refractivity (Wildman–Crippen MR) is 60.0 cm³/mol. The average Bonchev–Trinajstić information content (AvgIpc) is 3.00. The third-order valence-electron chi connectivity index (χ3n) is 2.75. The van der Waals surface area contributed by atoms with Gasteiger partial charge < -0.3 is 14.8 Å². The second-order valence-electron chi connectivity index (χ2n) is 3.98. The van der Waals surface area contributed by atoms with Crippen LogP contribution >= 0.6 is 0 Å². The number of nitrogens with zero attached hydrogens (tertiary/aromatic N) is 4. The summed E-state index contributed by atoms with van der Waals surface area (Å²) in [6.45, 7) is 4.75. The van der Waals surface area contributed by atoms with E-state index in [1.54, 1.807) is 12.4 Å². The van der Waals surface area contributed by atoms with E-state index in [0.29, 0.717) is 24.1 Å². The van der Waals surface area contributed by atoms with Crippen molar-refractivity contribution in [3.63, 3.8) is 0 Å². The highest BCUT2D eigenvalue weighted by Crippen LogP contribution is 2.11. The lowest BCUT2D eigenvalue weighted by atomic mass is 10.3. The van der Waals surface area contributed by atoms with Crippen molar-refractivity contribution in [3.05, 3.63) is 18.3 Å². The van der Waals surface area contributed by atoms with E-state index in [1.165, 1.54) is 0 Å². The third-order valence-corrected chi connectivity index (χ3v) is 2.75. The molecule has 1 aliphatic heterocycles. The van der Waals surface area contributed by atoms with Crippen LogP contribution in [-0.2, 0) is 6.54 Å². The van der Waals surface area contributed by atoms with Crippen LogP contribution < -0.4 is 5.32 Å². The Kier molecular flexibility index (Phi) is 2.85. The lowest BCUT2D eigenvalue weighted by Gasteiger charge is -2.25. The molecule has 1 saturated heterocycles. The molecule has 90 valence electrons. The summed E-state index contributed by atoms with van der Waals surface area (Å²) < 4.78 is 5.21. The van der Waals surface area contributed by atoms with E-state index in [1.807, 2.05) is 0 Å². The number of hydrogen-bond donors (Lipinski definition) is 2. The largest absolute Gasteiger partial charge is 0.342 e. The number of aromatic amines is 1. The molecular weight excluding hydrogens is 220 g/mol. The molecule has 0 radical (unpaired) electrons. The topological polar surface area (TPSA) is 82.9 Å². The molecule has 1 aliphatic rings. The third kappa shape index (κ3) is 2.34. The SMILES string of the molecule is c1c[nH]c(-c2noc(CN3CCNCC3)n2)n1. The van der Waals surface area contributed by atoms with Gasteiger partial charge in [0.15, 0.2) is 5.82 Å². The Morgan fingerprint density at radius 2 is 2.24 bits per heavy atom. The van der Waals surface area contributed by atoms with Crippen molar-refractivity contribution in [1.82, 2.24) is 30.3 Å². The van der Waals surface area contributed by atoms with Crippen molar-refractivity contribution in [1.29, 1.82) is 0 Å². The fourth-order valence-corrected chi connectivity index (χ4v) is 1.86. The first kappa shape index (κ1) is 10.4. The number of piperazine rings is 1. The Balaban J connectivity index is 1.68. The molecule has 2 N–H and O–H groups in total. The van der Waals surface area contributed by atoms with E-state index in [-0.39, 0.29) is 0 Å². The van der Waals surface area contributed by atoms with Gasteiger partial charge in [-0.3, -0.25) is 4.90 Å². The highest BCUT2D eigenvalue weighted by molar-refractivity contribution is 5.40. The Hall–Kier alpha value is -1.73. The molecule has 3 heterocycles. The maximum absolute atomic E-state index is 5.21.